The number of rotatable bonds is 7. The average Bonchev–Trinajstić information content (AvgIpc) is 3.21. The van der Waals surface area contributed by atoms with E-state index in [1.807, 2.05) is 42.5 Å². The van der Waals surface area contributed by atoms with Crippen molar-refractivity contribution in [1.82, 2.24) is 24.6 Å². The number of nitrogens with zero attached hydrogens (tertiary/aromatic N) is 4. The van der Waals surface area contributed by atoms with Gasteiger partial charge in [0.25, 0.3) is 5.56 Å². The molecule has 0 aliphatic carbocycles. The Kier molecular flexibility index (Phi) is 5.70. The van der Waals surface area contributed by atoms with E-state index in [0.29, 0.717) is 29.6 Å². The first kappa shape index (κ1) is 20.2. The van der Waals surface area contributed by atoms with Gasteiger partial charge in [-0.3, -0.25) is 19.0 Å². The molecule has 0 aliphatic rings. The quantitative estimate of drug-likeness (QED) is 0.466. The lowest BCUT2D eigenvalue weighted by atomic mass is 10.1. The van der Waals surface area contributed by atoms with Gasteiger partial charge < -0.3 is 5.32 Å². The summed E-state index contributed by atoms with van der Waals surface area (Å²) in [6.45, 7) is 1.91. The van der Waals surface area contributed by atoms with Gasteiger partial charge in [-0.25, -0.2) is 9.67 Å². The molecular formula is C23H21N5O3. The summed E-state index contributed by atoms with van der Waals surface area (Å²) in [5.74, 6) is -0.260. The molecule has 156 valence electrons. The highest BCUT2D eigenvalue weighted by molar-refractivity contribution is 5.96. The minimum atomic E-state index is -0.313. The smallest absolute Gasteiger partial charge is 0.264 e. The van der Waals surface area contributed by atoms with Crippen LogP contribution < -0.4 is 10.9 Å². The largest absolute Gasteiger partial charge is 0.356 e. The summed E-state index contributed by atoms with van der Waals surface area (Å²) in [4.78, 5) is 40.8. The second-order valence-corrected chi connectivity index (χ2v) is 7.16. The first-order valence-corrected chi connectivity index (χ1v) is 9.88. The first-order chi connectivity index (χ1) is 15.0. The Bertz CT molecular complexity index is 1290. The number of hydrogen-bond donors (Lipinski definition) is 1. The molecule has 31 heavy (non-hydrogen) atoms. The van der Waals surface area contributed by atoms with Crippen molar-refractivity contribution in [2.45, 2.75) is 19.9 Å². The van der Waals surface area contributed by atoms with Crippen LogP contribution in [0.3, 0.4) is 0 Å². The van der Waals surface area contributed by atoms with Gasteiger partial charge in [0.05, 0.1) is 18.4 Å². The van der Waals surface area contributed by atoms with Crippen LogP contribution in [0.25, 0.3) is 16.7 Å². The van der Waals surface area contributed by atoms with Crippen LogP contribution >= 0.6 is 0 Å². The third-order valence-electron chi connectivity index (χ3n) is 4.93. The number of Topliss-reactive ketones (excluding diaryl/α,β-unsaturated/α-hetero) is 1. The molecule has 1 amide bonds. The van der Waals surface area contributed by atoms with Crippen LogP contribution in [-0.2, 0) is 17.8 Å². The monoisotopic (exact) mass is 415 g/mol. The number of aromatic nitrogens is 4. The van der Waals surface area contributed by atoms with Gasteiger partial charge in [0.2, 0.25) is 5.91 Å². The molecule has 0 fully saturated rings. The molecule has 0 unspecified atom stereocenters. The predicted octanol–water partition coefficient (Wildman–Crippen LogP) is 2.14. The SMILES string of the molecule is CC(=O)NCCc1ccc(C(=O)Cn2cnc3c(cnn3-c3ccccc3)c2=O)cc1. The van der Waals surface area contributed by atoms with Crippen molar-refractivity contribution in [3.8, 4) is 5.69 Å². The van der Waals surface area contributed by atoms with Gasteiger partial charge in [0.1, 0.15) is 11.7 Å². The molecule has 0 atom stereocenters. The summed E-state index contributed by atoms with van der Waals surface area (Å²) in [6, 6.07) is 16.6. The summed E-state index contributed by atoms with van der Waals surface area (Å²) in [5.41, 5.74) is 2.46. The van der Waals surface area contributed by atoms with Crippen LogP contribution in [0, 0.1) is 0 Å². The Balaban J connectivity index is 1.51. The van der Waals surface area contributed by atoms with Crippen molar-refractivity contribution in [1.29, 1.82) is 0 Å². The molecule has 4 aromatic rings. The Morgan fingerprint density at radius 3 is 2.48 bits per heavy atom. The van der Waals surface area contributed by atoms with E-state index in [9.17, 15) is 14.4 Å². The number of hydrogen-bond acceptors (Lipinski definition) is 5. The van der Waals surface area contributed by atoms with Crippen LogP contribution in [0.2, 0.25) is 0 Å². The average molecular weight is 415 g/mol. The molecule has 2 aromatic carbocycles. The van der Waals surface area contributed by atoms with Crippen LogP contribution in [0.1, 0.15) is 22.8 Å². The topological polar surface area (TPSA) is 98.9 Å². The zero-order valence-corrected chi connectivity index (χ0v) is 17.0. The van der Waals surface area contributed by atoms with Crippen LogP contribution in [0.5, 0.6) is 0 Å². The highest BCUT2D eigenvalue weighted by Crippen LogP contribution is 2.13. The molecule has 8 heteroatoms. The molecule has 0 spiro atoms. The van der Waals surface area contributed by atoms with E-state index in [4.69, 9.17) is 0 Å². The summed E-state index contributed by atoms with van der Waals surface area (Å²) in [5, 5.41) is 7.37. The van der Waals surface area contributed by atoms with Gasteiger partial charge in [-0.2, -0.15) is 5.10 Å². The van der Waals surface area contributed by atoms with Crippen molar-refractivity contribution in [3.05, 3.63) is 88.6 Å². The number of amides is 1. The van der Waals surface area contributed by atoms with Crippen molar-refractivity contribution < 1.29 is 9.59 Å². The highest BCUT2D eigenvalue weighted by atomic mass is 16.1. The number of para-hydroxylation sites is 1. The summed E-state index contributed by atoms with van der Waals surface area (Å²) >= 11 is 0. The maximum Gasteiger partial charge on any atom is 0.264 e. The number of fused-ring (bicyclic) bond motifs is 1. The molecule has 2 heterocycles. The van der Waals surface area contributed by atoms with Crippen molar-refractivity contribution in [2.24, 2.45) is 0 Å². The number of ketones is 1. The lowest BCUT2D eigenvalue weighted by molar-refractivity contribution is -0.118. The molecule has 8 nitrogen and oxygen atoms in total. The summed E-state index contributed by atoms with van der Waals surface area (Å²) in [6.07, 6.45) is 3.54. The zero-order valence-electron chi connectivity index (χ0n) is 17.0. The van der Waals surface area contributed by atoms with Crippen molar-refractivity contribution >= 4 is 22.7 Å². The Hall–Kier alpha value is -4.07. The number of carbonyl (C=O) groups excluding carboxylic acids is 2. The molecule has 0 saturated heterocycles. The van der Waals surface area contributed by atoms with Gasteiger partial charge in [-0.15, -0.1) is 0 Å². The zero-order chi connectivity index (χ0) is 21.8. The Labute approximate surface area is 178 Å². The van der Waals surface area contributed by atoms with Crippen LogP contribution in [0.15, 0.2) is 71.9 Å². The third kappa shape index (κ3) is 4.42. The molecule has 0 saturated carbocycles. The maximum absolute atomic E-state index is 12.9. The normalized spacial score (nSPS) is 10.9. The van der Waals surface area contributed by atoms with Gasteiger partial charge >= 0.3 is 0 Å². The van der Waals surface area contributed by atoms with Crippen molar-refractivity contribution in [3.63, 3.8) is 0 Å². The van der Waals surface area contributed by atoms with Gasteiger partial charge in [-0.1, -0.05) is 42.5 Å². The molecule has 1 N–H and O–H groups in total. The number of carbonyl (C=O) groups is 2. The molecule has 4 rings (SSSR count). The second kappa shape index (κ2) is 8.74. The van der Waals surface area contributed by atoms with E-state index in [0.717, 1.165) is 11.3 Å². The third-order valence-corrected chi connectivity index (χ3v) is 4.93. The van der Waals surface area contributed by atoms with Gasteiger partial charge in [-0.05, 0) is 24.1 Å². The number of nitrogens with one attached hydrogen (secondary N) is 1. The van der Waals surface area contributed by atoms with Crippen molar-refractivity contribution in [2.75, 3.05) is 6.54 Å². The van der Waals surface area contributed by atoms with Gasteiger partial charge in [0.15, 0.2) is 11.4 Å². The highest BCUT2D eigenvalue weighted by Gasteiger charge is 2.14. The second-order valence-electron chi connectivity index (χ2n) is 7.16. The maximum atomic E-state index is 12.9. The van der Waals surface area contributed by atoms with E-state index in [-0.39, 0.29) is 23.8 Å². The van der Waals surface area contributed by atoms with E-state index in [1.165, 1.54) is 24.0 Å². The molecule has 0 aliphatic heterocycles. The minimum absolute atomic E-state index is 0.0721. The fourth-order valence-electron chi connectivity index (χ4n) is 3.31. The fraction of sp³-hybridized carbons (Fsp3) is 0.174. The summed E-state index contributed by atoms with van der Waals surface area (Å²) in [7, 11) is 0. The van der Waals surface area contributed by atoms with Crippen LogP contribution in [-0.4, -0.2) is 37.6 Å². The van der Waals surface area contributed by atoms with Gasteiger partial charge in [0, 0.05) is 19.0 Å². The molecule has 0 bridgehead atoms. The fourth-order valence-corrected chi connectivity index (χ4v) is 3.31. The number of benzene rings is 2. The standard InChI is InChI=1S/C23H21N5O3/c1-16(29)24-12-11-17-7-9-18(10-8-17)21(30)14-27-15-25-22-20(23(27)31)13-26-28(22)19-5-3-2-4-6-19/h2-10,13,15H,11-12,14H2,1H3,(H,24,29). The predicted molar refractivity (Wildman–Crippen MR) is 116 cm³/mol. The lowest BCUT2D eigenvalue weighted by Gasteiger charge is -2.07. The molecule has 2 aromatic heterocycles. The van der Waals surface area contributed by atoms with E-state index < -0.39 is 0 Å². The molecule has 0 radical (unpaired) electrons. The van der Waals surface area contributed by atoms with E-state index >= 15 is 0 Å². The Morgan fingerprint density at radius 2 is 1.77 bits per heavy atom. The summed E-state index contributed by atoms with van der Waals surface area (Å²) < 4.78 is 2.90. The van der Waals surface area contributed by atoms with Crippen LogP contribution in [0.4, 0.5) is 0 Å². The Morgan fingerprint density at radius 1 is 1.03 bits per heavy atom. The van der Waals surface area contributed by atoms with E-state index in [2.05, 4.69) is 15.4 Å². The molecular weight excluding hydrogens is 394 g/mol. The minimum Gasteiger partial charge on any atom is -0.356 e. The first-order valence-electron chi connectivity index (χ1n) is 9.88. The lowest BCUT2D eigenvalue weighted by Crippen LogP contribution is -2.24. The van der Waals surface area contributed by atoms with E-state index in [1.54, 1.807) is 16.8 Å².